The molecule has 2 aliphatic rings. The molecule has 2 N–H and O–H groups in total. The number of hydrogen-bond acceptors (Lipinski definition) is 5. The van der Waals surface area contributed by atoms with E-state index in [9.17, 15) is 13.2 Å². The highest BCUT2D eigenvalue weighted by atomic mass is 32.2. The van der Waals surface area contributed by atoms with Gasteiger partial charge in [0.2, 0.25) is 0 Å². The summed E-state index contributed by atoms with van der Waals surface area (Å²) in [4.78, 5) is 14.8. The van der Waals surface area contributed by atoms with Gasteiger partial charge in [0.05, 0.1) is 17.1 Å². The van der Waals surface area contributed by atoms with Gasteiger partial charge in [-0.15, -0.1) is 0 Å². The average Bonchev–Trinajstić information content (AvgIpc) is 3.26. The molecule has 0 bridgehead atoms. The lowest BCUT2D eigenvalue weighted by Crippen LogP contribution is -2.34. The molecule has 0 radical (unpaired) electrons. The van der Waals surface area contributed by atoms with E-state index in [4.69, 9.17) is 0 Å². The first kappa shape index (κ1) is 30.2. The molecule has 2 fully saturated rings. The zero-order valence-corrected chi connectivity index (χ0v) is 26.6. The van der Waals surface area contributed by atoms with Gasteiger partial charge in [-0.25, -0.2) is 8.42 Å². The highest BCUT2D eigenvalue weighted by molar-refractivity contribution is 7.97. The van der Waals surface area contributed by atoms with Crippen molar-refractivity contribution in [1.29, 1.82) is 0 Å². The quantitative estimate of drug-likeness (QED) is 0.271. The first-order chi connectivity index (χ1) is 19.5. The van der Waals surface area contributed by atoms with Crippen LogP contribution in [0, 0.1) is 18.8 Å². The van der Waals surface area contributed by atoms with Crippen LogP contribution in [0.3, 0.4) is 0 Å². The Kier molecular flexibility index (Phi) is 9.22. The topological polar surface area (TPSA) is 80.2 Å². The minimum Gasteiger partial charge on any atom is -0.352 e. The summed E-state index contributed by atoms with van der Waals surface area (Å²) in [6.07, 6.45) is 7.58. The van der Waals surface area contributed by atoms with E-state index in [-0.39, 0.29) is 28.9 Å². The van der Waals surface area contributed by atoms with Gasteiger partial charge in [-0.2, -0.15) is 0 Å². The molecule has 1 aliphatic carbocycles. The molecule has 2 aromatic carbocycles. The van der Waals surface area contributed by atoms with Crippen molar-refractivity contribution in [1.82, 2.24) is 14.6 Å². The summed E-state index contributed by atoms with van der Waals surface area (Å²) < 4.78 is 29.6. The van der Waals surface area contributed by atoms with Gasteiger partial charge in [0, 0.05) is 40.5 Å². The second-order valence-electron chi connectivity index (χ2n) is 13.1. The van der Waals surface area contributed by atoms with Gasteiger partial charge in [-0.1, -0.05) is 49.6 Å². The number of aromatic nitrogens is 1. The fourth-order valence-corrected chi connectivity index (χ4v) is 8.66. The van der Waals surface area contributed by atoms with Gasteiger partial charge in [0.1, 0.15) is 9.84 Å². The van der Waals surface area contributed by atoms with Crippen LogP contribution in [0.2, 0.25) is 0 Å². The molecule has 0 spiro atoms. The van der Waals surface area contributed by atoms with Crippen LogP contribution in [0.25, 0.3) is 22.0 Å². The maximum absolute atomic E-state index is 13.6. The number of nitrogens with one attached hydrogen (secondary N) is 2. The number of amides is 1. The number of rotatable bonds is 8. The molecular formula is C33H45N3O3S2. The van der Waals surface area contributed by atoms with Crippen LogP contribution in [0.4, 0.5) is 0 Å². The zero-order chi connectivity index (χ0) is 29.2. The van der Waals surface area contributed by atoms with Gasteiger partial charge in [-0.05, 0) is 100 Å². The summed E-state index contributed by atoms with van der Waals surface area (Å²) in [5.74, 6) is 1.21. The fourth-order valence-electron chi connectivity index (χ4n) is 6.23. The molecule has 0 unspecified atom stereocenters. The van der Waals surface area contributed by atoms with Crippen molar-refractivity contribution >= 4 is 38.5 Å². The van der Waals surface area contributed by atoms with Crippen molar-refractivity contribution in [2.24, 2.45) is 11.8 Å². The van der Waals surface area contributed by atoms with E-state index in [1.165, 1.54) is 47.8 Å². The molecule has 6 nitrogen and oxygen atoms in total. The van der Waals surface area contributed by atoms with Crippen molar-refractivity contribution in [2.75, 3.05) is 18.1 Å². The van der Waals surface area contributed by atoms with Crippen LogP contribution >= 0.6 is 11.9 Å². The molecular weight excluding hydrogens is 551 g/mol. The van der Waals surface area contributed by atoms with Crippen LogP contribution in [0.5, 0.6) is 0 Å². The number of sulfone groups is 1. The van der Waals surface area contributed by atoms with Crippen LogP contribution in [-0.2, 0) is 16.4 Å². The van der Waals surface area contributed by atoms with E-state index < -0.39 is 9.84 Å². The molecule has 2 heterocycles. The number of benzene rings is 2. The lowest BCUT2D eigenvalue weighted by Gasteiger charge is -2.25. The van der Waals surface area contributed by atoms with E-state index in [1.54, 1.807) is 11.9 Å². The molecule has 1 saturated carbocycles. The Morgan fingerprint density at radius 1 is 0.951 bits per heavy atom. The van der Waals surface area contributed by atoms with Gasteiger partial charge in [0.25, 0.3) is 5.91 Å². The third-order valence-corrected chi connectivity index (χ3v) is 11.6. The van der Waals surface area contributed by atoms with Crippen molar-refractivity contribution in [3.8, 4) is 11.3 Å². The van der Waals surface area contributed by atoms with Crippen molar-refractivity contribution < 1.29 is 13.2 Å². The summed E-state index contributed by atoms with van der Waals surface area (Å²) >= 11 is 1.67. The third-order valence-electron chi connectivity index (χ3n) is 8.63. The van der Waals surface area contributed by atoms with E-state index in [0.29, 0.717) is 25.3 Å². The van der Waals surface area contributed by atoms with Crippen LogP contribution < -0.4 is 10.0 Å². The summed E-state index contributed by atoms with van der Waals surface area (Å²) in [6, 6.07) is 15.1. The molecule has 1 aromatic heterocycles. The first-order valence-corrected chi connectivity index (χ1v) is 17.8. The molecule has 222 valence electrons. The molecule has 1 aliphatic heterocycles. The zero-order valence-electron chi connectivity index (χ0n) is 25.0. The monoisotopic (exact) mass is 595 g/mol. The fraction of sp³-hybridized carbons (Fsp3) is 0.545. The predicted octanol–water partition coefficient (Wildman–Crippen LogP) is 7.15. The minimum atomic E-state index is -2.91. The van der Waals surface area contributed by atoms with Crippen LogP contribution in [0.15, 0.2) is 47.4 Å². The third kappa shape index (κ3) is 7.38. The van der Waals surface area contributed by atoms with Gasteiger partial charge in [0.15, 0.2) is 0 Å². The molecule has 3 aromatic rings. The van der Waals surface area contributed by atoms with E-state index in [0.717, 1.165) is 29.1 Å². The van der Waals surface area contributed by atoms with Gasteiger partial charge >= 0.3 is 0 Å². The Hall–Kier alpha value is -2.29. The van der Waals surface area contributed by atoms with E-state index in [1.807, 2.05) is 0 Å². The van der Waals surface area contributed by atoms with Crippen molar-refractivity contribution in [3.63, 3.8) is 0 Å². The normalized spacial score (nSPS) is 18.5. The predicted molar refractivity (Wildman–Crippen MR) is 171 cm³/mol. The average molecular weight is 596 g/mol. The Morgan fingerprint density at radius 2 is 1.63 bits per heavy atom. The minimum absolute atomic E-state index is 0.00953. The lowest BCUT2D eigenvalue weighted by atomic mass is 9.89. The second-order valence-corrected chi connectivity index (χ2v) is 16.2. The van der Waals surface area contributed by atoms with Gasteiger partial charge < -0.3 is 9.88 Å². The molecule has 1 saturated heterocycles. The van der Waals surface area contributed by atoms with E-state index >= 15 is 0 Å². The summed E-state index contributed by atoms with van der Waals surface area (Å²) in [7, 11) is -2.91. The number of carbonyl (C=O) groups is 1. The molecule has 5 rings (SSSR count). The standard InChI is InChI=1S/C33H45N3O3S2/c1-23-29(32(37)34-21-24-16-18-41(38,39)19-17-24)20-30(36(23)22-25-10-6-5-7-11-25)27-14-15-31(40-35-33(2,3)4)28-13-9-8-12-26(27)28/h8-9,12-15,20,24-25,35H,5-7,10-11,16-19,21-22H2,1-4H3,(H,34,37). The number of nitrogens with zero attached hydrogens (tertiary/aromatic N) is 1. The van der Waals surface area contributed by atoms with Crippen LogP contribution in [-0.4, -0.2) is 42.5 Å². The summed E-state index contributed by atoms with van der Waals surface area (Å²) in [6.45, 7) is 10.0. The van der Waals surface area contributed by atoms with Crippen molar-refractivity contribution in [3.05, 3.63) is 53.7 Å². The lowest BCUT2D eigenvalue weighted by molar-refractivity contribution is 0.0945. The Bertz CT molecular complexity index is 1480. The van der Waals surface area contributed by atoms with E-state index in [2.05, 4.69) is 84.8 Å². The number of hydrogen-bond donors (Lipinski definition) is 2. The highest BCUT2D eigenvalue weighted by Crippen LogP contribution is 2.38. The molecule has 0 atom stereocenters. The largest absolute Gasteiger partial charge is 0.352 e. The Labute approximate surface area is 250 Å². The Balaban J connectivity index is 1.48. The second kappa shape index (κ2) is 12.5. The van der Waals surface area contributed by atoms with Crippen LogP contribution in [0.1, 0.15) is 81.8 Å². The smallest absolute Gasteiger partial charge is 0.253 e. The summed E-state index contributed by atoms with van der Waals surface area (Å²) in [5.41, 5.74) is 3.96. The maximum Gasteiger partial charge on any atom is 0.253 e. The van der Waals surface area contributed by atoms with Crippen molar-refractivity contribution in [2.45, 2.75) is 89.6 Å². The molecule has 8 heteroatoms. The molecule has 41 heavy (non-hydrogen) atoms. The first-order valence-electron chi connectivity index (χ1n) is 15.2. The van der Waals surface area contributed by atoms with Gasteiger partial charge in [-0.3, -0.25) is 9.52 Å². The maximum atomic E-state index is 13.6. The number of fused-ring (bicyclic) bond motifs is 1. The molecule has 1 amide bonds. The summed E-state index contributed by atoms with van der Waals surface area (Å²) in [5, 5.41) is 5.54. The number of carbonyl (C=O) groups excluding carboxylic acids is 1. The SMILES string of the molecule is Cc1c(C(=O)NCC2CCS(=O)(=O)CC2)cc(-c2ccc(SNC(C)(C)C)c3ccccc23)n1CC1CCCCC1. The Morgan fingerprint density at radius 3 is 2.32 bits per heavy atom. The highest BCUT2D eigenvalue weighted by Gasteiger charge is 2.26.